The molecule has 0 aliphatic carbocycles. The summed E-state index contributed by atoms with van der Waals surface area (Å²) in [7, 11) is 1.39. The Balaban J connectivity index is 1.71. The maximum atomic E-state index is 14.7. The van der Waals surface area contributed by atoms with Crippen LogP contribution in [0.4, 0.5) is 23.2 Å². The minimum Gasteiger partial charge on any atom is -0.495 e. The second-order valence-corrected chi connectivity index (χ2v) is 10.5. The highest BCUT2D eigenvalue weighted by atomic mass is 19.4. The van der Waals surface area contributed by atoms with Crippen molar-refractivity contribution in [3.05, 3.63) is 71.2 Å². The van der Waals surface area contributed by atoms with Crippen molar-refractivity contribution < 1.29 is 36.9 Å². The third kappa shape index (κ3) is 5.56. The molecule has 3 N–H and O–H groups in total. The molecular weight excluding hydrogens is 530 g/mol. The molecule has 0 spiro atoms. The van der Waals surface area contributed by atoms with Gasteiger partial charge in [-0.15, -0.1) is 0 Å². The van der Waals surface area contributed by atoms with Gasteiger partial charge in [-0.2, -0.15) is 13.2 Å². The van der Waals surface area contributed by atoms with Crippen LogP contribution in [-0.4, -0.2) is 55.6 Å². The molecule has 7 nitrogen and oxygen atoms in total. The van der Waals surface area contributed by atoms with E-state index in [9.17, 15) is 22.4 Å². The van der Waals surface area contributed by atoms with E-state index in [2.05, 4.69) is 15.6 Å². The summed E-state index contributed by atoms with van der Waals surface area (Å²) in [5.41, 5.74) is -1.71. The predicted octanol–water partition coefficient (Wildman–Crippen LogP) is 5.22. The van der Waals surface area contributed by atoms with Crippen LogP contribution >= 0.6 is 0 Å². The molecule has 1 aliphatic heterocycles. The molecule has 11 heteroatoms. The van der Waals surface area contributed by atoms with Crippen molar-refractivity contribution in [1.29, 1.82) is 0 Å². The third-order valence-electron chi connectivity index (χ3n) is 7.08. The SMILES string of the molecule is COc1cc(C(=O)NCC(C)(c2cc3c(c(-c4ccc(F)cc4)n2)OCC3(C)C)C(F)(F)F)ccc1NCCO. The van der Waals surface area contributed by atoms with E-state index < -0.39 is 35.3 Å². The molecule has 0 saturated heterocycles. The molecule has 1 unspecified atom stereocenters. The van der Waals surface area contributed by atoms with Gasteiger partial charge in [0.2, 0.25) is 0 Å². The second kappa shape index (κ2) is 11.0. The number of carbonyl (C=O) groups is 1. The molecule has 1 aliphatic rings. The Hall–Kier alpha value is -3.86. The second-order valence-electron chi connectivity index (χ2n) is 10.5. The number of benzene rings is 2. The molecular formula is C29H31F4N3O4. The van der Waals surface area contributed by atoms with Crippen LogP contribution < -0.4 is 20.1 Å². The van der Waals surface area contributed by atoms with Gasteiger partial charge in [0.25, 0.3) is 5.91 Å². The Morgan fingerprint density at radius 2 is 1.85 bits per heavy atom. The summed E-state index contributed by atoms with van der Waals surface area (Å²) in [6.07, 6.45) is -4.79. The van der Waals surface area contributed by atoms with Gasteiger partial charge in [0.15, 0.2) is 0 Å². The number of alkyl halides is 3. The number of ether oxygens (including phenoxy) is 2. The number of carbonyl (C=O) groups excluding carboxylic acids is 1. The molecule has 2 aromatic carbocycles. The van der Waals surface area contributed by atoms with Crippen LogP contribution in [0.1, 0.15) is 42.4 Å². The number of hydrogen-bond acceptors (Lipinski definition) is 6. The van der Waals surface area contributed by atoms with Crippen LogP contribution in [0.25, 0.3) is 11.3 Å². The van der Waals surface area contributed by atoms with E-state index in [1.165, 1.54) is 49.6 Å². The maximum absolute atomic E-state index is 14.7. The average molecular weight is 562 g/mol. The molecule has 40 heavy (non-hydrogen) atoms. The van der Waals surface area contributed by atoms with Crippen LogP contribution in [0.3, 0.4) is 0 Å². The van der Waals surface area contributed by atoms with Crippen LogP contribution in [0, 0.1) is 5.82 Å². The number of nitrogens with one attached hydrogen (secondary N) is 2. The van der Waals surface area contributed by atoms with E-state index in [0.29, 0.717) is 28.3 Å². The number of fused-ring (bicyclic) bond motifs is 1. The van der Waals surface area contributed by atoms with Gasteiger partial charge >= 0.3 is 6.18 Å². The van der Waals surface area contributed by atoms with Gasteiger partial charge in [0.05, 0.1) is 31.7 Å². The molecule has 0 saturated carbocycles. The lowest BCUT2D eigenvalue weighted by molar-refractivity contribution is -0.184. The Morgan fingerprint density at radius 3 is 2.48 bits per heavy atom. The van der Waals surface area contributed by atoms with E-state index in [4.69, 9.17) is 14.6 Å². The molecule has 2 heterocycles. The van der Waals surface area contributed by atoms with Crippen LogP contribution in [-0.2, 0) is 10.8 Å². The molecule has 0 bridgehead atoms. The van der Waals surface area contributed by atoms with E-state index >= 15 is 0 Å². The number of aliphatic hydroxyl groups excluding tert-OH is 1. The Labute approximate surface area is 229 Å². The van der Waals surface area contributed by atoms with E-state index in [1.807, 2.05) is 13.8 Å². The first-order valence-corrected chi connectivity index (χ1v) is 12.6. The smallest absolute Gasteiger partial charge is 0.401 e. The molecule has 0 radical (unpaired) electrons. The average Bonchev–Trinajstić information content (AvgIpc) is 3.23. The lowest BCUT2D eigenvalue weighted by Gasteiger charge is -2.33. The van der Waals surface area contributed by atoms with Crippen LogP contribution in [0.15, 0.2) is 48.5 Å². The van der Waals surface area contributed by atoms with Crippen molar-refractivity contribution >= 4 is 11.6 Å². The molecule has 4 rings (SSSR count). The number of aliphatic hydroxyl groups is 1. The van der Waals surface area contributed by atoms with E-state index in [1.54, 1.807) is 6.07 Å². The fraction of sp³-hybridized carbons (Fsp3) is 0.379. The summed E-state index contributed by atoms with van der Waals surface area (Å²) in [5, 5.41) is 14.4. The summed E-state index contributed by atoms with van der Waals surface area (Å²) in [6, 6.07) is 11.1. The first-order chi connectivity index (χ1) is 18.8. The topological polar surface area (TPSA) is 92.7 Å². The van der Waals surface area contributed by atoms with Gasteiger partial charge in [-0.1, -0.05) is 13.8 Å². The Bertz CT molecular complexity index is 1390. The number of methoxy groups -OCH3 is 1. The normalized spacial score (nSPS) is 15.5. The maximum Gasteiger partial charge on any atom is 0.401 e. The number of aromatic nitrogens is 1. The monoisotopic (exact) mass is 561 g/mol. The predicted molar refractivity (Wildman–Crippen MR) is 142 cm³/mol. The third-order valence-corrected chi connectivity index (χ3v) is 7.08. The molecule has 1 amide bonds. The largest absolute Gasteiger partial charge is 0.495 e. The minimum absolute atomic E-state index is 0.0966. The summed E-state index contributed by atoms with van der Waals surface area (Å²) < 4.78 is 69.0. The van der Waals surface area contributed by atoms with Gasteiger partial charge in [0.1, 0.15) is 28.4 Å². The molecule has 1 aromatic heterocycles. The number of anilines is 1. The number of rotatable bonds is 9. The van der Waals surface area contributed by atoms with Crippen molar-refractivity contribution in [3.63, 3.8) is 0 Å². The van der Waals surface area contributed by atoms with Gasteiger partial charge < -0.3 is 25.2 Å². The first-order valence-electron chi connectivity index (χ1n) is 12.6. The van der Waals surface area contributed by atoms with Gasteiger partial charge in [0, 0.05) is 35.2 Å². The van der Waals surface area contributed by atoms with E-state index in [-0.39, 0.29) is 36.7 Å². The molecule has 1 atom stereocenters. The lowest BCUT2D eigenvalue weighted by Crippen LogP contribution is -2.49. The van der Waals surface area contributed by atoms with Crippen molar-refractivity contribution in [3.8, 4) is 22.8 Å². The Kier molecular flexibility index (Phi) is 7.98. The zero-order chi connectivity index (χ0) is 29.3. The number of nitrogens with zero attached hydrogens (tertiary/aromatic N) is 1. The van der Waals surface area contributed by atoms with Crippen molar-refractivity contribution in [2.45, 2.75) is 37.8 Å². The lowest BCUT2D eigenvalue weighted by atomic mass is 9.80. The minimum atomic E-state index is -4.79. The summed E-state index contributed by atoms with van der Waals surface area (Å²) in [5.74, 6) is -0.567. The van der Waals surface area contributed by atoms with Crippen molar-refractivity contribution in [2.24, 2.45) is 0 Å². The quantitative estimate of drug-likeness (QED) is 0.310. The highest BCUT2D eigenvalue weighted by Gasteiger charge is 2.54. The van der Waals surface area contributed by atoms with Gasteiger partial charge in [-0.3, -0.25) is 4.79 Å². The first kappa shape index (κ1) is 29.1. The fourth-order valence-electron chi connectivity index (χ4n) is 4.46. The standard InChI is InChI=1S/C29H31F4N3O4/c1-27(2)16-40-25-20(27)14-23(36-24(25)17-5-8-19(30)9-6-17)28(3,29(31,32)33)15-35-26(38)18-7-10-21(34-11-12-37)22(13-18)39-4/h5-10,13-14,34,37H,11-12,15-16H2,1-4H3,(H,35,38). The van der Waals surface area contributed by atoms with Gasteiger partial charge in [-0.25, -0.2) is 9.37 Å². The van der Waals surface area contributed by atoms with Crippen LogP contribution in [0.5, 0.6) is 11.5 Å². The number of amides is 1. The zero-order valence-electron chi connectivity index (χ0n) is 22.6. The highest BCUT2D eigenvalue weighted by Crippen LogP contribution is 2.48. The van der Waals surface area contributed by atoms with E-state index in [0.717, 1.165) is 6.92 Å². The van der Waals surface area contributed by atoms with Crippen molar-refractivity contribution in [1.82, 2.24) is 10.3 Å². The molecule has 214 valence electrons. The number of halogens is 4. The van der Waals surface area contributed by atoms with Gasteiger partial charge in [-0.05, 0) is 55.5 Å². The zero-order valence-corrected chi connectivity index (χ0v) is 22.6. The van der Waals surface area contributed by atoms with Crippen LogP contribution in [0.2, 0.25) is 0 Å². The molecule has 0 fully saturated rings. The highest BCUT2D eigenvalue weighted by molar-refractivity contribution is 5.95. The van der Waals surface area contributed by atoms with Crippen molar-refractivity contribution in [2.75, 3.05) is 38.7 Å². The summed E-state index contributed by atoms with van der Waals surface area (Å²) in [6.45, 7) is 4.28. The fourth-order valence-corrected chi connectivity index (χ4v) is 4.46. The molecule has 3 aromatic rings. The summed E-state index contributed by atoms with van der Waals surface area (Å²) in [4.78, 5) is 17.4. The summed E-state index contributed by atoms with van der Waals surface area (Å²) >= 11 is 0. The number of pyridine rings is 1. The Morgan fingerprint density at radius 1 is 1.15 bits per heavy atom. The number of hydrogen-bond donors (Lipinski definition) is 3.